The molecule has 0 unspecified atom stereocenters. The molecule has 3 aromatic rings. The summed E-state index contributed by atoms with van der Waals surface area (Å²) < 4.78 is 17.2. The zero-order valence-corrected chi connectivity index (χ0v) is 18.2. The van der Waals surface area contributed by atoms with Gasteiger partial charge in [0.05, 0.1) is 31.9 Å². The van der Waals surface area contributed by atoms with Gasteiger partial charge in [-0.1, -0.05) is 0 Å². The van der Waals surface area contributed by atoms with Crippen LogP contribution in [-0.2, 0) is 4.74 Å². The minimum atomic E-state index is 0.143. The Morgan fingerprint density at radius 1 is 1.00 bits per heavy atom. The van der Waals surface area contributed by atoms with Crippen molar-refractivity contribution in [2.45, 2.75) is 37.8 Å². The molecule has 5 rings (SSSR count). The summed E-state index contributed by atoms with van der Waals surface area (Å²) in [6.07, 6.45) is 9.16. The highest BCUT2D eigenvalue weighted by molar-refractivity contribution is 5.85. The van der Waals surface area contributed by atoms with Crippen LogP contribution in [0.1, 0.15) is 25.7 Å². The number of anilines is 2. The molecule has 1 saturated heterocycles. The summed E-state index contributed by atoms with van der Waals surface area (Å²) in [6.45, 7) is 3.22. The maximum Gasteiger partial charge on any atom is 0.226 e. The lowest BCUT2D eigenvalue weighted by Gasteiger charge is -2.31. The monoisotopic (exact) mass is 436 g/mol. The first kappa shape index (κ1) is 20.7. The van der Waals surface area contributed by atoms with Crippen LogP contribution in [0.5, 0.6) is 11.6 Å². The number of hydrogen-bond acceptors (Lipinski definition) is 9. The molecule has 2 fully saturated rings. The number of methoxy groups -OCH3 is 1. The molecule has 0 radical (unpaired) electrons. The van der Waals surface area contributed by atoms with Crippen molar-refractivity contribution in [3.8, 4) is 11.6 Å². The summed E-state index contributed by atoms with van der Waals surface area (Å²) in [6, 6.07) is 6.26. The van der Waals surface area contributed by atoms with E-state index in [2.05, 4.69) is 42.3 Å². The first-order valence-electron chi connectivity index (χ1n) is 11.2. The van der Waals surface area contributed by atoms with Crippen LogP contribution < -0.4 is 19.7 Å². The van der Waals surface area contributed by atoms with Gasteiger partial charge in [-0.25, -0.2) is 9.97 Å². The van der Waals surface area contributed by atoms with Crippen molar-refractivity contribution in [1.82, 2.24) is 19.9 Å². The minimum Gasteiger partial charge on any atom is -0.488 e. The van der Waals surface area contributed by atoms with E-state index in [1.165, 1.54) is 0 Å². The number of nitrogens with zero attached hydrogens (tertiary/aromatic N) is 5. The van der Waals surface area contributed by atoms with Crippen LogP contribution in [0.15, 0.2) is 36.8 Å². The molecule has 1 aliphatic carbocycles. The number of ether oxygens (including phenoxy) is 3. The highest BCUT2D eigenvalue weighted by Gasteiger charge is 2.24. The summed E-state index contributed by atoms with van der Waals surface area (Å²) in [5.74, 6) is 1.98. The number of hydrogen-bond donors (Lipinski definition) is 1. The fourth-order valence-electron chi connectivity index (χ4n) is 4.34. The Morgan fingerprint density at radius 2 is 1.81 bits per heavy atom. The highest BCUT2D eigenvalue weighted by Crippen LogP contribution is 2.33. The van der Waals surface area contributed by atoms with Gasteiger partial charge in [-0.2, -0.15) is 4.98 Å². The van der Waals surface area contributed by atoms with Gasteiger partial charge in [-0.05, 0) is 31.7 Å². The van der Waals surface area contributed by atoms with E-state index in [1.54, 1.807) is 31.8 Å². The average molecular weight is 437 g/mol. The Morgan fingerprint density at radius 3 is 2.62 bits per heavy atom. The van der Waals surface area contributed by atoms with E-state index >= 15 is 0 Å². The molecular formula is C23H28N6O3. The third-order valence-electron chi connectivity index (χ3n) is 6.04. The van der Waals surface area contributed by atoms with Crippen molar-refractivity contribution in [1.29, 1.82) is 0 Å². The summed E-state index contributed by atoms with van der Waals surface area (Å²) >= 11 is 0. The largest absolute Gasteiger partial charge is 0.488 e. The SMILES string of the molecule is COc1ccnc(N[C@H]2CC[C@@H](Oc3cc(N4CCOCC4)cc4nccnc34)CC2)n1. The van der Waals surface area contributed by atoms with E-state index in [4.69, 9.17) is 14.2 Å². The average Bonchev–Trinajstić information content (AvgIpc) is 2.86. The molecular weight excluding hydrogens is 408 g/mol. The third kappa shape index (κ3) is 4.67. The Bertz CT molecular complexity index is 1050. The number of aromatic nitrogens is 4. The molecule has 1 N–H and O–H groups in total. The first-order chi connectivity index (χ1) is 15.8. The Hall–Kier alpha value is -3.20. The molecule has 168 valence electrons. The fourth-order valence-corrected chi connectivity index (χ4v) is 4.34. The second kappa shape index (κ2) is 9.52. The molecule has 3 heterocycles. The maximum absolute atomic E-state index is 6.50. The van der Waals surface area contributed by atoms with Crippen LogP contribution in [-0.4, -0.2) is 65.5 Å². The van der Waals surface area contributed by atoms with Crippen LogP contribution >= 0.6 is 0 Å². The van der Waals surface area contributed by atoms with E-state index in [0.717, 1.165) is 74.5 Å². The van der Waals surface area contributed by atoms with Gasteiger partial charge in [0.15, 0.2) is 0 Å². The molecule has 0 spiro atoms. The lowest BCUT2D eigenvalue weighted by Crippen LogP contribution is -2.36. The normalized spacial score (nSPS) is 21.3. The van der Waals surface area contributed by atoms with Crippen molar-refractivity contribution in [2.24, 2.45) is 0 Å². The van der Waals surface area contributed by atoms with E-state index in [0.29, 0.717) is 17.9 Å². The van der Waals surface area contributed by atoms with Gasteiger partial charge in [0.1, 0.15) is 11.3 Å². The summed E-state index contributed by atoms with van der Waals surface area (Å²) in [7, 11) is 1.61. The van der Waals surface area contributed by atoms with Crippen molar-refractivity contribution in [3.05, 3.63) is 36.8 Å². The molecule has 2 aliphatic rings. The van der Waals surface area contributed by atoms with Gasteiger partial charge in [-0.15, -0.1) is 0 Å². The smallest absolute Gasteiger partial charge is 0.226 e. The second-order valence-electron chi connectivity index (χ2n) is 8.13. The molecule has 0 bridgehead atoms. The van der Waals surface area contributed by atoms with E-state index in [1.807, 2.05) is 0 Å². The number of morpholine rings is 1. The standard InChI is InChI=1S/C23H28N6O3/c1-30-21-6-7-26-23(28-21)27-16-2-4-18(5-3-16)32-20-15-17(29-10-12-31-13-11-29)14-19-22(20)25-9-8-24-19/h6-9,14-16,18H,2-5,10-13H2,1H3,(H,26,27,28)/t16-,18+. The lowest BCUT2D eigenvalue weighted by atomic mass is 9.93. The fraction of sp³-hybridized carbons (Fsp3) is 0.478. The van der Waals surface area contributed by atoms with Crippen LogP contribution in [0.3, 0.4) is 0 Å². The number of nitrogens with one attached hydrogen (secondary N) is 1. The van der Waals surface area contributed by atoms with Crippen molar-refractivity contribution >= 4 is 22.7 Å². The predicted molar refractivity (Wildman–Crippen MR) is 121 cm³/mol. The Balaban J connectivity index is 1.26. The van der Waals surface area contributed by atoms with Crippen molar-refractivity contribution in [2.75, 3.05) is 43.6 Å². The van der Waals surface area contributed by atoms with E-state index < -0.39 is 0 Å². The van der Waals surface area contributed by atoms with Gasteiger partial charge >= 0.3 is 0 Å². The number of rotatable bonds is 6. The zero-order chi connectivity index (χ0) is 21.8. The predicted octanol–water partition coefficient (Wildman–Crippen LogP) is 3.07. The zero-order valence-electron chi connectivity index (χ0n) is 18.2. The Kier molecular flexibility index (Phi) is 6.15. The molecule has 1 aromatic carbocycles. The summed E-state index contributed by atoms with van der Waals surface area (Å²) in [5.41, 5.74) is 2.79. The van der Waals surface area contributed by atoms with Crippen LogP contribution in [0.4, 0.5) is 11.6 Å². The molecule has 9 nitrogen and oxygen atoms in total. The molecule has 2 aromatic heterocycles. The minimum absolute atomic E-state index is 0.143. The number of benzene rings is 1. The molecule has 1 saturated carbocycles. The van der Waals surface area contributed by atoms with Crippen LogP contribution in [0.2, 0.25) is 0 Å². The lowest BCUT2D eigenvalue weighted by molar-refractivity contribution is 0.122. The third-order valence-corrected chi connectivity index (χ3v) is 6.04. The Labute approximate surface area is 187 Å². The summed E-state index contributed by atoms with van der Waals surface area (Å²) in [5, 5.41) is 3.42. The van der Waals surface area contributed by atoms with Gasteiger partial charge < -0.3 is 24.4 Å². The quantitative estimate of drug-likeness (QED) is 0.625. The highest BCUT2D eigenvalue weighted by atomic mass is 16.5. The maximum atomic E-state index is 6.50. The second-order valence-corrected chi connectivity index (χ2v) is 8.13. The van der Waals surface area contributed by atoms with Crippen molar-refractivity contribution < 1.29 is 14.2 Å². The summed E-state index contributed by atoms with van der Waals surface area (Å²) in [4.78, 5) is 20.0. The van der Waals surface area contributed by atoms with Crippen LogP contribution in [0, 0.1) is 0 Å². The molecule has 9 heteroatoms. The number of fused-ring (bicyclic) bond motifs is 1. The van der Waals surface area contributed by atoms with Crippen LogP contribution in [0.25, 0.3) is 11.0 Å². The molecule has 0 amide bonds. The molecule has 0 atom stereocenters. The molecule has 1 aliphatic heterocycles. The van der Waals surface area contributed by atoms with Crippen molar-refractivity contribution in [3.63, 3.8) is 0 Å². The van der Waals surface area contributed by atoms with Gasteiger partial charge in [-0.3, -0.25) is 4.98 Å². The molecule has 32 heavy (non-hydrogen) atoms. The van der Waals surface area contributed by atoms with Gasteiger partial charge in [0.25, 0.3) is 0 Å². The topological polar surface area (TPSA) is 94.5 Å². The van der Waals surface area contributed by atoms with Gasteiger partial charge in [0.2, 0.25) is 11.8 Å². The van der Waals surface area contributed by atoms with E-state index in [9.17, 15) is 0 Å². The first-order valence-corrected chi connectivity index (χ1v) is 11.2. The van der Waals surface area contributed by atoms with Gasteiger partial charge in [0, 0.05) is 55.5 Å². The van der Waals surface area contributed by atoms with E-state index in [-0.39, 0.29) is 6.10 Å².